The molecule has 0 N–H and O–H groups in total. The molecule has 0 radical (unpaired) electrons. The molecule has 0 aliphatic heterocycles. The van der Waals surface area contributed by atoms with E-state index in [0.717, 1.165) is 30.0 Å². The summed E-state index contributed by atoms with van der Waals surface area (Å²) >= 11 is 0. The molecule has 2 aliphatic rings. The molecule has 0 amide bonds. The van der Waals surface area contributed by atoms with Gasteiger partial charge in [0.2, 0.25) is 0 Å². The van der Waals surface area contributed by atoms with Crippen LogP contribution >= 0.6 is 0 Å². The quantitative estimate of drug-likeness (QED) is 0.859. The number of ether oxygens (including phenoxy) is 1. The molecule has 4 nitrogen and oxygen atoms in total. The fraction of sp³-hybridized carbons (Fsp3) is 0.550. The Bertz CT molecular complexity index is 857. The van der Waals surface area contributed by atoms with Crippen molar-refractivity contribution in [3.8, 4) is 11.4 Å². The van der Waals surface area contributed by atoms with Crippen molar-refractivity contribution in [1.29, 1.82) is 0 Å². The van der Waals surface area contributed by atoms with E-state index in [4.69, 9.17) is 4.74 Å². The molecule has 128 valence electrons. The van der Waals surface area contributed by atoms with E-state index in [1.807, 2.05) is 28.9 Å². The van der Waals surface area contributed by atoms with Gasteiger partial charge < -0.3 is 4.74 Å². The summed E-state index contributed by atoms with van der Waals surface area (Å²) in [6.07, 6.45) is 2.30. The summed E-state index contributed by atoms with van der Waals surface area (Å²) in [5, 5.41) is 0. The monoisotopic (exact) mass is 326 g/mol. The molecular weight excluding hydrogens is 300 g/mol. The Hall–Kier alpha value is -1.97. The van der Waals surface area contributed by atoms with Crippen LogP contribution in [0.4, 0.5) is 0 Å². The molecule has 4 rings (SSSR count). The van der Waals surface area contributed by atoms with Gasteiger partial charge in [0, 0.05) is 17.5 Å². The minimum Gasteiger partial charge on any atom is -0.497 e. The second-order valence-corrected chi connectivity index (χ2v) is 7.94. The first-order valence-corrected chi connectivity index (χ1v) is 8.87. The predicted molar refractivity (Wildman–Crippen MR) is 95.4 cm³/mol. The molecule has 1 aromatic carbocycles. The third kappa shape index (κ3) is 1.61. The molecule has 2 aliphatic carbocycles. The topological polar surface area (TPSA) is 36.2 Å². The van der Waals surface area contributed by atoms with Gasteiger partial charge in [-0.15, -0.1) is 0 Å². The number of hydrogen-bond acceptors (Lipinski definition) is 2. The van der Waals surface area contributed by atoms with Crippen LogP contribution in [0.5, 0.6) is 5.75 Å². The van der Waals surface area contributed by atoms with E-state index >= 15 is 0 Å². The van der Waals surface area contributed by atoms with Gasteiger partial charge in [-0.3, -0.25) is 9.48 Å². The molecule has 1 heterocycles. The van der Waals surface area contributed by atoms with E-state index in [1.54, 1.807) is 7.11 Å². The second kappa shape index (κ2) is 4.78. The van der Waals surface area contributed by atoms with Crippen molar-refractivity contribution in [3.05, 3.63) is 45.9 Å². The number of nitrogens with zero attached hydrogens (tertiary/aromatic N) is 2. The number of fused-ring (bicyclic) bond motifs is 5. The van der Waals surface area contributed by atoms with Crippen LogP contribution in [0.25, 0.3) is 5.69 Å². The molecule has 1 aromatic heterocycles. The summed E-state index contributed by atoms with van der Waals surface area (Å²) in [6, 6.07) is 7.77. The van der Waals surface area contributed by atoms with Gasteiger partial charge >= 0.3 is 0 Å². The minimum absolute atomic E-state index is 0.0832. The molecule has 2 bridgehead atoms. The van der Waals surface area contributed by atoms with Crippen molar-refractivity contribution < 1.29 is 4.74 Å². The molecule has 4 heteroatoms. The fourth-order valence-corrected chi connectivity index (χ4v) is 5.17. The minimum atomic E-state index is 0.0832. The molecule has 2 atom stereocenters. The van der Waals surface area contributed by atoms with Gasteiger partial charge in [0.25, 0.3) is 5.56 Å². The number of methoxy groups -OCH3 is 1. The number of benzene rings is 1. The molecule has 2 aromatic rings. The highest BCUT2D eigenvalue weighted by Crippen LogP contribution is 2.67. The van der Waals surface area contributed by atoms with Crippen LogP contribution in [0.2, 0.25) is 0 Å². The number of rotatable bonds is 3. The van der Waals surface area contributed by atoms with Crippen molar-refractivity contribution >= 4 is 0 Å². The average molecular weight is 326 g/mol. The summed E-state index contributed by atoms with van der Waals surface area (Å²) in [5.41, 5.74) is 3.65. The van der Waals surface area contributed by atoms with E-state index in [9.17, 15) is 4.79 Å². The van der Waals surface area contributed by atoms with Crippen molar-refractivity contribution in [2.75, 3.05) is 7.11 Å². The molecule has 1 fully saturated rings. The van der Waals surface area contributed by atoms with Crippen LogP contribution in [-0.2, 0) is 12.0 Å². The highest BCUT2D eigenvalue weighted by atomic mass is 16.5. The van der Waals surface area contributed by atoms with Crippen molar-refractivity contribution in [2.24, 2.45) is 5.41 Å². The van der Waals surface area contributed by atoms with Crippen LogP contribution in [-0.4, -0.2) is 16.5 Å². The van der Waals surface area contributed by atoms with Gasteiger partial charge in [-0.05, 0) is 55.4 Å². The lowest BCUT2D eigenvalue weighted by atomic mass is 9.70. The van der Waals surface area contributed by atoms with Crippen molar-refractivity contribution in [1.82, 2.24) is 9.36 Å². The molecule has 1 saturated carbocycles. The predicted octanol–water partition coefficient (Wildman–Crippen LogP) is 3.84. The van der Waals surface area contributed by atoms with Gasteiger partial charge in [-0.2, -0.15) is 0 Å². The Labute approximate surface area is 143 Å². The molecule has 2 unspecified atom stereocenters. The van der Waals surface area contributed by atoms with Gasteiger partial charge in [0.15, 0.2) is 0 Å². The lowest BCUT2D eigenvalue weighted by Gasteiger charge is -2.36. The Kier molecular flexibility index (Phi) is 3.09. The summed E-state index contributed by atoms with van der Waals surface area (Å²) in [4.78, 5) is 13.3. The van der Waals surface area contributed by atoms with Crippen LogP contribution in [0.1, 0.15) is 57.7 Å². The second-order valence-electron chi connectivity index (χ2n) is 7.94. The normalized spacial score (nSPS) is 26.6. The maximum absolute atomic E-state index is 13.3. The van der Waals surface area contributed by atoms with Crippen LogP contribution in [0, 0.1) is 5.41 Å². The summed E-state index contributed by atoms with van der Waals surface area (Å²) in [6.45, 7) is 9.95. The van der Waals surface area contributed by atoms with Gasteiger partial charge in [-0.1, -0.05) is 20.8 Å². The first kappa shape index (κ1) is 15.6. The number of hydrogen-bond donors (Lipinski definition) is 0. The molecular formula is C20H26N2O2. The Morgan fingerprint density at radius 1 is 1.21 bits per heavy atom. The summed E-state index contributed by atoms with van der Waals surface area (Å²) < 4.78 is 9.33. The highest BCUT2D eigenvalue weighted by molar-refractivity contribution is 5.48. The van der Waals surface area contributed by atoms with Crippen LogP contribution < -0.4 is 10.3 Å². The lowest BCUT2D eigenvalue weighted by molar-refractivity contribution is 0.216. The van der Waals surface area contributed by atoms with Crippen LogP contribution in [0.3, 0.4) is 0 Å². The highest BCUT2D eigenvalue weighted by Gasteiger charge is 2.62. The maximum atomic E-state index is 13.3. The van der Waals surface area contributed by atoms with E-state index in [-0.39, 0.29) is 16.4 Å². The van der Waals surface area contributed by atoms with E-state index in [0.29, 0.717) is 5.92 Å². The maximum Gasteiger partial charge on any atom is 0.275 e. The third-order valence-corrected chi connectivity index (χ3v) is 6.89. The average Bonchev–Trinajstić information content (AvgIpc) is 3.06. The zero-order valence-electron chi connectivity index (χ0n) is 15.2. The molecule has 24 heavy (non-hydrogen) atoms. The first-order chi connectivity index (χ1) is 11.4. The lowest BCUT2D eigenvalue weighted by Crippen LogP contribution is -2.35. The Balaban J connectivity index is 1.97. The van der Waals surface area contributed by atoms with Crippen molar-refractivity contribution in [3.63, 3.8) is 0 Å². The fourth-order valence-electron chi connectivity index (χ4n) is 5.17. The van der Waals surface area contributed by atoms with E-state index in [1.165, 1.54) is 12.1 Å². The SMILES string of the molecule is CCn1c2c(c(=O)n1-c1ccc(OC)cc1)C1CCC2(C)C1(C)C. The van der Waals surface area contributed by atoms with Crippen molar-refractivity contribution in [2.45, 2.75) is 58.4 Å². The summed E-state index contributed by atoms with van der Waals surface area (Å²) in [5.74, 6) is 1.18. The van der Waals surface area contributed by atoms with Gasteiger partial charge in [0.05, 0.1) is 18.5 Å². The Morgan fingerprint density at radius 3 is 2.46 bits per heavy atom. The smallest absolute Gasteiger partial charge is 0.275 e. The zero-order chi connectivity index (χ0) is 17.3. The first-order valence-electron chi connectivity index (χ1n) is 8.87. The van der Waals surface area contributed by atoms with Crippen LogP contribution in [0.15, 0.2) is 29.1 Å². The van der Waals surface area contributed by atoms with E-state index in [2.05, 4.69) is 32.4 Å². The standard InChI is InChI=1S/C20H26N2O2/c1-6-21-17-16(15-11-12-20(17,4)19(15,2)3)18(23)22(21)13-7-9-14(24-5)10-8-13/h7-10,15H,6,11-12H2,1-5H3. The summed E-state index contributed by atoms with van der Waals surface area (Å²) in [7, 11) is 1.66. The largest absolute Gasteiger partial charge is 0.497 e. The van der Waals surface area contributed by atoms with Gasteiger partial charge in [-0.25, -0.2) is 4.68 Å². The molecule has 0 saturated heterocycles. The zero-order valence-corrected chi connectivity index (χ0v) is 15.2. The Morgan fingerprint density at radius 2 is 1.88 bits per heavy atom. The number of aromatic nitrogens is 2. The molecule has 0 spiro atoms. The van der Waals surface area contributed by atoms with Gasteiger partial charge in [0.1, 0.15) is 5.75 Å². The van der Waals surface area contributed by atoms with E-state index < -0.39 is 0 Å². The third-order valence-electron chi connectivity index (χ3n) is 6.89.